The van der Waals surface area contributed by atoms with E-state index in [9.17, 15) is 4.79 Å². The lowest BCUT2D eigenvalue weighted by atomic mass is 10.1. The third kappa shape index (κ3) is 3.60. The van der Waals surface area contributed by atoms with Crippen LogP contribution in [0.4, 0.5) is 0 Å². The molecule has 2 aromatic carbocycles. The minimum absolute atomic E-state index is 0.0646. The zero-order valence-corrected chi connectivity index (χ0v) is 11.8. The molecule has 1 N–H and O–H groups in total. The van der Waals surface area contributed by atoms with Crippen LogP contribution in [0.3, 0.4) is 0 Å². The Labute approximate surface area is 119 Å². The van der Waals surface area contributed by atoms with Crippen LogP contribution in [0.15, 0.2) is 54.6 Å². The Morgan fingerprint density at radius 3 is 2.45 bits per heavy atom. The Balaban J connectivity index is 2.00. The summed E-state index contributed by atoms with van der Waals surface area (Å²) in [6, 6.07) is 17.4. The summed E-state index contributed by atoms with van der Waals surface area (Å²) in [4.78, 5) is 12.2. The maximum Gasteiger partial charge on any atom is 0.255 e. The summed E-state index contributed by atoms with van der Waals surface area (Å²) in [5.41, 5.74) is 1.77. The Hall–Kier alpha value is -2.29. The van der Waals surface area contributed by atoms with Gasteiger partial charge in [0.2, 0.25) is 0 Å². The molecule has 3 nitrogen and oxygen atoms in total. The lowest BCUT2D eigenvalue weighted by Crippen LogP contribution is -2.34. The van der Waals surface area contributed by atoms with E-state index in [4.69, 9.17) is 4.74 Å². The van der Waals surface area contributed by atoms with Crippen LogP contribution in [0.5, 0.6) is 5.75 Å². The molecule has 0 heterocycles. The van der Waals surface area contributed by atoms with Crippen molar-refractivity contribution in [3.8, 4) is 5.75 Å². The molecule has 2 aromatic rings. The standard InChI is InChI=1S/C17H19NO2/c1-13(12-14-8-4-3-5-9-14)18-17(19)15-10-6-7-11-16(15)20-2/h3-11,13H,12H2,1-2H3,(H,18,19)/t13-/m0/s1. The Kier molecular flexibility index (Phi) is 4.77. The fraction of sp³-hybridized carbons (Fsp3) is 0.235. The first-order valence-electron chi connectivity index (χ1n) is 6.68. The Morgan fingerprint density at radius 1 is 1.10 bits per heavy atom. The zero-order chi connectivity index (χ0) is 14.4. The van der Waals surface area contributed by atoms with Crippen molar-refractivity contribution in [2.75, 3.05) is 7.11 Å². The molecular formula is C17H19NO2. The van der Waals surface area contributed by atoms with E-state index in [1.54, 1.807) is 19.2 Å². The van der Waals surface area contributed by atoms with Crippen LogP contribution in [0, 0.1) is 0 Å². The minimum Gasteiger partial charge on any atom is -0.496 e. The molecule has 1 amide bonds. The number of carbonyl (C=O) groups excluding carboxylic acids is 1. The van der Waals surface area contributed by atoms with Crippen molar-refractivity contribution in [1.82, 2.24) is 5.32 Å². The molecule has 1 atom stereocenters. The molecule has 0 bridgehead atoms. The van der Waals surface area contributed by atoms with Crippen molar-refractivity contribution in [3.05, 3.63) is 65.7 Å². The van der Waals surface area contributed by atoms with Crippen LogP contribution in [0.25, 0.3) is 0 Å². The second-order valence-electron chi connectivity index (χ2n) is 4.76. The van der Waals surface area contributed by atoms with Crippen molar-refractivity contribution < 1.29 is 9.53 Å². The summed E-state index contributed by atoms with van der Waals surface area (Å²) in [5.74, 6) is 0.489. The molecule has 0 aliphatic carbocycles. The van der Waals surface area contributed by atoms with Crippen LogP contribution >= 0.6 is 0 Å². The molecule has 0 spiro atoms. The molecule has 20 heavy (non-hydrogen) atoms. The van der Waals surface area contributed by atoms with Crippen molar-refractivity contribution in [3.63, 3.8) is 0 Å². The molecule has 0 saturated carbocycles. The number of benzene rings is 2. The Bertz CT molecular complexity index is 566. The van der Waals surface area contributed by atoms with Gasteiger partial charge in [-0.15, -0.1) is 0 Å². The smallest absolute Gasteiger partial charge is 0.255 e. The third-order valence-electron chi connectivity index (χ3n) is 3.11. The zero-order valence-electron chi connectivity index (χ0n) is 11.8. The second-order valence-corrected chi connectivity index (χ2v) is 4.76. The average Bonchev–Trinajstić information content (AvgIpc) is 2.48. The molecule has 104 valence electrons. The molecule has 2 rings (SSSR count). The number of nitrogens with one attached hydrogen (secondary N) is 1. The summed E-state index contributed by atoms with van der Waals surface area (Å²) >= 11 is 0. The topological polar surface area (TPSA) is 38.3 Å². The first kappa shape index (κ1) is 14.1. The molecule has 0 fully saturated rings. The van der Waals surface area contributed by atoms with Crippen molar-refractivity contribution in [2.45, 2.75) is 19.4 Å². The number of hydrogen-bond acceptors (Lipinski definition) is 2. The highest BCUT2D eigenvalue weighted by Gasteiger charge is 2.14. The molecule has 0 saturated heterocycles. The summed E-state index contributed by atoms with van der Waals surface area (Å²) in [7, 11) is 1.57. The van der Waals surface area contributed by atoms with Crippen LogP contribution in [0.1, 0.15) is 22.8 Å². The maximum absolute atomic E-state index is 12.2. The molecule has 0 aromatic heterocycles. The molecular weight excluding hydrogens is 250 g/mol. The molecule has 0 aliphatic heterocycles. The van der Waals surface area contributed by atoms with Crippen LogP contribution in [-0.2, 0) is 6.42 Å². The molecule has 0 radical (unpaired) electrons. The first-order valence-corrected chi connectivity index (χ1v) is 6.68. The maximum atomic E-state index is 12.2. The van der Waals surface area contributed by atoms with Crippen LogP contribution in [-0.4, -0.2) is 19.1 Å². The number of carbonyl (C=O) groups is 1. The van der Waals surface area contributed by atoms with E-state index in [2.05, 4.69) is 17.4 Å². The number of methoxy groups -OCH3 is 1. The van der Waals surface area contributed by atoms with E-state index >= 15 is 0 Å². The first-order chi connectivity index (χ1) is 9.70. The monoisotopic (exact) mass is 269 g/mol. The van der Waals surface area contributed by atoms with Gasteiger partial charge in [0.05, 0.1) is 12.7 Å². The van der Waals surface area contributed by atoms with Crippen molar-refractivity contribution in [1.29, 1.82) is 0 Å². The van der Waals surface area contributed by atoms with Gasteiger partial charge in [-0.3, -0.25) is 4.79 Å². The fourth-order valence-corrected chi connectivity index (χ4v) is 2.15. The number of ether oxygens (including phenoxy) is 1. The lowest BCUT2D eigenvalue weighted by Gasteiger charge is -2.15. The predicted octanol–water partition coefficient (Wildman–Crippen LogP) is 3.06. The van der Waals surface area contributed by atoms with E-state index < -0.39 is 0 Å². The quantitative estimate of drug-likeness (QED) is 0.906. The number of rotatable bonds is 5. The number of amides is 1. The third-order valence-corrected chi connectivity index (χ3v) is 3.11. The number of para-hydroxylation sites is 1. The van der Waals surface area contributed by atoms with Gasteiger partial charge in [-0.25, -0.2) is 0 Å². The largest absolute Gasteiger partial charge is 0.496 e. The minimum atomic E-state index is -0.106. The molecule has 3 heteroatoms. The van der Waals surface area contributed by atoms with Gasteiger partial charge in [-0.05, 0) is 31.0 Å². The van der Waals surface area contributed by atoms with Gasteiger partial charge < -0.3 is 10.1 Å². The summed E-state index contributed by atoms with van der Waals surface area (Å²) in [6.07, 6.45) is 0.807. The molecule has 0 aliphatic rings. The van der Waals surface area contributed by atoms with E-state index in [0.29, 0.717) is 11.3 Å². The van der Waals surface area contributed by atoms with Gasteiger partial charge in [0.25, 0.3) is 5.91 Å². The predicted molar refractivity (Wildman–Crippen MR) is 80.1 cm³/mol. The summed E-state index contributed by atoms with van der Waals surface area (Å²) in [6.45, 7) is 2.00. The fourth-order valence-electron chi connectivity index (χ4n) is 2.15. The lowest BCUT2D eigenvalue weighted by molar-refractivity contribution is 0.0937. The van der Waals surface area contributed by atoms with Gasteiger partial charge >= 0.3 is 0 Å². The SMILES string of the molecule is COc1ccccc1C(=O)N[C@@H](C)Cc1ccccc1. The van der Waals surface area contributed by atoms with E-state index in [1.165, 1.54) is 5.56 Å². The van der Waals surface area contributed by atoms with Gasteiger partial charge in [0.1, 0.15) is 5.75 Å². The van der Waals surface area contributed by atoms with Gasteiger partial charge in [-0.2, -0.15) is 0 Å². The highest BCUT2D eigenvalue weighted by Crippen LogP contribution is 2.17. The van der Waals surface area contributed by atoms with E-state index in [0.717, 1.165) is 6.42 Å². The van der Waals surface area contributed by atoms with Crippen LogP contribution in [0.2, 0.25) is 0 Å². The van der Waals surface area contributed by atoms with Crippen molar-refractivity contribution in [2.24, 2.45) is 0 Å². The summed E-state index contributed by atoms with van der Waals surface area (Å²) < 4.78 is 5.21. The summed E-state index contributed by atoms with van der Waals surface area (Å²) in [5, 5.41) is 3.00. The average molecular weight is 269 g/mol. The van der Waals surface area contributed by atoms with Crippen molar-refractivity contribution >= 4 is 5.91 Å². The van der Waals surface area contributed by atoms with Gasteiger partial charge in [-0.1, -0.05) is 42.5 Å². The van der Waals surface area contributed by atoms with Gasteiger partial charge in [0, 0.05) is 6.04 Å². The normalized spacial score (nSPS) is 11.7. The Morgan fingerprint density at radius 2 is 1.75 bits per heavy atom. The molecule has 0 unspecified atom stereocenters. The second kappa shape index (κ2) is 6.75. The van der Waals surface area contributed by atoms with Gasteiger partial charge in [0.15, 0.2) is 0 Å². The van der Waals surface area contributed by atoms with Crippen LogP contribution < -0.4 is 10.1 Å². The van der Waals surface area contributed by atoms with E-state index in [-0.39, 0.29) is 11.9 Å². The number of hydrogen-bond donors (Lipinski definition) is 1. The van der Waals surface area contributed by atoms with E-state index in [1.807, 2.05) is 37.3 Å². The highest BCUT2D eigenvalue weighted by molar-refractivity contribution is 5.97. The highest BCUT2D eigenvalue weighted by atomic mass is 16.5.